The Labute approximate surface area is 96.9 Å². The molecule has 0 saturated heterocycles. The summed E-state index contributed by atoms with van der Waals surface area (Å²) in [4.78, 5) is 11.4. The molecule has 0 heterocycles. The van der Waals surface area contributed by atoms with E-state index >= 15 is 0 Å². The largest absolute Gasteiger partial charge is 0.459 e. The molecule has 0 fully saturated rings. The minimum atomic E-state index is -0.471. The fraction of sp³-hybridized carbons (Fsp3) is 0.357. The first kappa shape index (κ1) is 12.5. The third kappa shape index (κ3) is 4.30. The zero-order chi connectivity index (χ0) is 12.0. The molecule has 0 aromatic heterocycles. The van der Waals surface area contributed by atoms with E-state index in [9.17, 15) is 4.79 Å². The van der Waals surface area contributed by atoms with Crippen molar-refractivity contribution in [2.45, 2.75) is 32.3 Å². The lowest BCUT2D eigenvalue weighted by Crippen LogP contribution is -2.30. The predicted octanol–water partition coefficient (Wildman–Crippen LogP) is 3.13. The van der Waals surface area contributed by atoms with Gasteiger partial charge in [-0.05, 0) is 19.4 Å². The summed E-state index contributed by atoms with van der Waals surface area (Å²) in [6.45, 7) is 7.35. The van der Waals surface area contributed by atoms with Gasteiger partial charge in [-0.25, -0.2) is 0 Å². The number of esters is 1. The van der Waals surface area contributed by atoms with Gasteiger partial charge >= 0.3 is 5.97 Å². The molecule has 0 N–H and O–H groups in total. The first-order valence-corrected chi connectivity index (χ1v) is 5.40. The van der Waals surface area contributed by atoms with Crippen LogP contribution in [0.3, 0.4) is 0 Å². The van der Waals surface area contributed by atoms with Crippen molar-refractivity contribution in [1.82, 2.24) is 0 Å². The van der Waals surface area contributed by atoms with Gasteiger partial charge in [-0.1, -0.05) is 36.4 Å². The summed E-state index contributed by atoms with van der Waals surface area (Å²) in [7, 11) is 0. The Hall–Kier alpha value is -1.57. The molecular weight excluding hydrogens is 200 g/mol. The Balaban J connectivity index is 2.58. The number of benzene rings is 1. The van der Waals surface area contributed by atoms with Crippen molar-refractivity contribution in [2.75, 3.05) is 0 Å². The smallest absolute Gasteiger partial charge is 0.310 e. The van der Waals surface area contributed by atoms with Crippen LogP contribution in [-0.2, 0) is 16.0 Å². The molecule has 0 saturated carbocycles. The van der Waals surface area contributed by atoms with Gasteiger partial charge in [-0.15, -0.1) is 6.58 Å². The molecule has 0 bridgehead atoms. The average molecular weight is 218 g/mol. The monoisotopic (exact) mass is 218 g/mol. The molecule has 0 aliphatic heterocycles. The lowest BCUT2D eigenvalue weighted by atomic mass is 9.98. The maximum Gasteiger partial charge on any atom is 0.310 e. The number of ether oxygens (including phenoxy) is 1. The maximum absolute atomic E-state index is 11.4. The van der Waals surface area contributed by atoms with Crippen molar-refractivity contribution in [3.05, 3.63) is 48.6 Å². The van der Waals surface area contributed by atoms with Crippen LogP contribution in [0.1, 0.15) is 25.8 Å². The first-order chi connectivity index (χ1) is 7.53. The first-order valence-electron chi connectivity index (χ1n) is 5.40. The molecule has 0 unspecified atom stereocenters. The predicted molar refractivity (Wildman–Crippen MR) is 65.1 cm³/mol. The second-order valence-corrected chi connectivity index (χ2v) is 4.39. The summed E-state index contributed by atoms with van der Waals surface area (Å²) in [5.41, 5.74) is 0.695. The van der Waals surface area contributed by atoms with Crippen molar-refractivity contribution in [3.63, 3.8) is 0 Å². The summed E-state index contributed by atoms with van der Waals surface area (Å²) in [6.07, 6.45) is 2.54. The fourth-order valence-electron chi connectivity index (χ4n) is 1.59. The Bertz CT molecular complexity index is 352. The quantitative estimate of drug-likeness (QED) is 0.560. The van der Waals surface area contributed by atoms with Crippen LogP contribution in [0.4, 0.5) is 0 Å². The molecule has 0 atom stereocenters. The summed E-state index contributed by atoms with van der Waals surface area (Å²) >= 11 is 0. The topological polar surface area (TPSA) is 26.3 Å². The molecule has 2 nitrogen and oxygen atoms in total. The molecule has 16 heavy (non-hydrogen) atoms. The van der Waals surface area contributed by atoms with E-state index in [0.717, 1.165) is 6.42 Å². The molecule has 0 radical (unpaired) electrons. The molecule has 0 aliphatic carbocycles. The summed E-state index contributed by atoms with van der Waals surface area (Å²) in [5.74, 6) is -0.226. The van der Waals surface area contributed by atoms with Crippen molar-refractivity contribution < 1.29 is 9.53 Å². The van der Waals surface area contributed by atoms with Crippen LogP contribution in [0.5, 0.6) is 0 Å². The highest BCUT2D eigenvalue weighted by atomic mass is 16.6. The normalized spacial score (nSPS) is 10.9. The fourth-order valence-corrected chi connectivity index (χ4v) is 1.59. The van der Waals surface area contributed by atoms with E-state index in [2.05, 4.69) is 6.58 Å². The highest BCUT2D eigenvalue weighted by Gasteiger charge is 2.22. The number of rotatable bonds is 5. The van der Waals surface area contributed by atoms with E-state index in [0.29, 0.717) is 0 Å². The van der Waals surface area contributed by atoms with Crippen molar-refractivity contribution >= 4 is 5.97 Å². The Kier molecular flexibility index (Phi) is 4.29. The summed E-state index contributed by atoms with van der Waals surface area (Å²) in [6, 6.07) is 10.0. The van der Waals surface area contributed by atoms with Gasteiger partial charge < -0.3 is 4.74 Å². The molecule has 0 amide bonds. The van der Waals surface area contributed by atoms with Gasteiger partial charge in [0.1, 0.15) is 5.60 Å². The highest BCUT2D eigenvalue weighted by Crippen LogP contribution is 2.17. The van der Waals surface area contributed by atoms with E-state index in [1.54, 1.807) is 6.08 Å². The number of carbonyl (C=O) groups is 1. The van der Waals surface area contributed by atoms with Crippen LogP contribution in [0.25, 0.3) is 0 Å². The molecule has 1 aromatic rings. The zero-order valence-corrected chi connectivity index (χ0v) is 9.90. The van der Waals surface area contributed by atoms with E-state index in [-0.39, 0.29) is 12.4 Å². The van der Waals surface area contributed by atoms with E-state index in [1.165, 1.54) is 5.56 Å². The van der Waals surface area contributed by atoms with Crippen LogP contribution in [0.15, 0.2) is 43.0 Å². The van der Waals surface area contributed by atoms with Gasteiger partial charge in [-0.2, -0.15) is 0 Å². The van der Waals surface area contributed by atoms with Crippen molar-refractivity contribution in [1.29, 1.82) is 0 Å². The number of hydrogen-bond acceptors (Lipinski definition) is 2. The number of carbonyl (C=O) groups excluding carboxylic acids is 1. The molecule has 0 spiro atoms. The molecular formula is C14H18O2. The Morgan fingerprint density at radius 3 is 2.56 bits per heavy atom. The van der Waals surface area contributed by atoms with E-state index in [4.69, 9.17) is 4.74 Å². The van der Waals surface area contributed by atoms with Crippen LogP contribution in [0.2, 0.25) is 0 Å². The molecule has 2 heteroatoms. The molecule has 1 rings (SSSR count). The molecule has 0 aliphatic rings. The van der Waals surface area contributed by atoms with Crippen molar-refractivity contribution in [3.8, 4) is 0 Å². The highest BCUT2D eigenvalue weighted by molar-refractivity contribution is 5.71. The third-order valence-corrected chi connectivity index (χ3v) is 2.17. The van der Waals surface area contributed by atoms with Gasteiger partial charge in [0.15, 0.2) is 0 Å². The van der Waals surface area contributed by atoms with Crippen LogP contribution < -0.4 is 0 Å². The van der Waals surface area contributed by atoms with Gasteiger partial charge in [0.05, 0.1) is 6.42 Å². The van der Waals surface area contributed by atoms with Gasteiger partial charge in [0.2, 0.25) is 0 Å². The van der Waals surface area contributed by atoms with Crippen molar-refractivity contribution in [2.24, 2.45) is 0 Å². The Morgan fingerprint density at radius 2 is 2.00 bits per heavy atom. The minimum absolute atomic E-state index is 0.226. The van der Waals surface area contributed by atoms with Crippen LogP contribution in [0, 0.1) is 0 Å². The van der Waals surface area contributed by atoms with Gasteiger partial charge in [-0.3, -0.25) is 4.79 Å². The van der Waals surface area contributed by atoms with E-state index in [1.807, 2.05) is 44.2 Å². The van der Waals surface area contributed by atoms with Gasteiger partial charge in [0, 0.05) is 6.42 Å². The lowest BCUT2D eigenvalue weighted by molar-refractivity contribution is -0.155. The third-order valence-electron chi connectivity index (χ3n) is 2.17. The molecule has 1 aromatic carbocycles. The number of hydrogen-bond donors (Lipinski definition) is 0. The van der Waals surface area contributed by atoms with Crippen LogP contribution in [-0.4, -0.2) is 11.6 Å². The Morgan fingerprint density at radius 1 is 1.38 bits per heavy atom. The summed E-state index contributed by atoms with van der Waals surface area (Å²) in [5, 5.41) is 0. The summed E-state index contributed by atoms with van der Waals surface area (Å²) < 4.78 is 5.37. The molecule has 86 valence electrons. The van der Waals surface area contributed by atoms with Gasteiger partial charge in [0.25, 0.3) is 0 Å². The lowest BCUT2D eigenvalue weighted by Gasteiger charge is -2.25. The van der Waals surface area contributed by atoms with E-state index < -0.39 is 5.60 Å². The zero-order valence-electron chi connectivity index (χ0n) is 9.90. The minimum Gasteiger partial charge on any atom is -0.459 e. The second-order valence-electron chi connectivity index (χ2n) is 4.39. The standard InChI is InChI=1S/C14H18O2/c1-4-8-13(15)16-14(2,3)11-12-9-6-5-7-10-12/h4-7,9-10H,1,8,11H2,2-3H3. The SMILES string of the molecule is C=CCC(=O)OC(C)(C)Cc1ccccc1. The average Bonchev–Trinajstić information content (AvgIpc) is 2.17. The van der Waals surface area contributed by atoms with Crippen LogP contribution >= 0.6 is 0 Å². The maximum atomic E-state index is 11.4. The second kappa shape index (κ2) is 5.50.